The van der Waals surface area contributed by atoms with Gasteiger partial charge in [-0.25, -0.2) is 9.89 Å². The first-order valence-corrected chi connectivity index (χ1v) is 4.27. The summed E-state index contributed by atoms with van der Waals surface area (Å²) in [6.07, 6.45) is 0. The number of carbonyl (C=O) groups excluding carboxylic acids is 1. The second kappa shape index (κ2) is 3.39. The Balaban J connectivity index is 2.75. The van der Waals surface area contributed by atoms with E-state index in [-0.39, 0.29) is 21.9 Å². The predicted octanol–water partition coefficient (Wildman–Crippen LogP) is 0.956. The van der Waals surface area contributed by atoms with E-state index in [9.17, 15) is 9.59 Å². The van der Waals surface area contributed by atoms with Crippen LogP contribution in [0.5, 0.6) is 0 Å². The molecule has 0 radical (unpaired) electrons. The number of halogens is 1. The molecule has 2 aromatic rings. The highest BCUT2D eigenvalue weighted by atomic mass is 35.5. The maximum atomic E-state index is 11.3. The molecule has 0 aliphatic heterocycles. The number of ether oxygens (including phenoxy) is 1. The first kappa shape index (κ1) is 9.72. The van der Waals surface area contributed by atoms with Crippen molar-refractivity contribution in [2.24, 2.45) is 0 Å². The summed E-state index contributed by atoms with van der Waals surface area (Å²) in [5, 5.41) is 5.80. The molecule has 0 spiro atoms. The van der Waals surface area contributed by atoms with Crippen LogP contribution in [0.4, 0.5) is 0 Å². The second-order valence-corrected chi connectivity index (χ2v) is 3.05. The molecule has 0 aliphatic carbocycles. The van der Waals surface area contributed by atoms with Crippen LogP contribution >= 0.6 is 11.6 Å². The van der Waals surface area contributed by atoms with Crippen LogP contribution in [0.25, 0.3) is 11.0 Å². The van der Waals surface area contributed by atoms with Gasteiger partial charge in [0.15, 0.2) is 10.7 Å². The molecular weight excluding hydrogens is 224 g/mol. The van der Waals surface area contributed by atoms with Crippen molar-refractivity contribution in [3.05, 3.63) is 27.3 Å². The highest BCUT2D eigenvalue weighted by Crippen LogP contribution is 2.21. The molecule has 0 saturated carbocycles. The number of hydrogen-bond donors (Lipinski definition) is 1. The van der Waals surface area contributed by atoms with E-state index in [1.807, 2.05) is 0 Å². The molecule has 0 amide bonds. The van der Waals surface area contributed by atoms with Gasteiger partial charge in [-0.2, -0.15) is 5.10 Å². The molecule has 0 saturated heterocycles. The number of nitrogens with zero attached hydrogens (tertiary/aromatic N) is 1. The minimum atomic E-state index is -0.679. The van der Waals surface area contributed by atoms with Crippen molar-refractivity contribution in [1.29, 1.82) is 0 Å². The largest absolute Gasteiger partial charge is 0.463 e. The number of fused-ring (bicyclic) bond motifs is 1. The van der Waals surface area contributed by atoms with Crippen LogP contribution in [-0.4, -0.2) is 23.3 Å². The van der Waals surface area contributed by atoms with E-state index in [1.165, 1.54) is 13.2 Å². The van der Waals surface area contributed by atoms with Crippen LogP contribution in [0.1, 0.15) is 10.6 Å². The Hall–Kier alpha value is -1.82. The van der Waals surface area contributed by atoms with Crippen molar-refractivity contribution in [2.75, 3.05) is 7.11 Å². The molecule has 0 fully saturated rings. The Morgan fingerprint density at radius 1 is 1.67 bits per heavy atom. The van der Waals surface area contributed by atoms with Crippen LogP contribution in [0.15, 0.2) is 15.3 Å². The normalized spacial score (nSPS) is 10.5. The minimum Gasteiger partial charge on any atom is -0.463 e. The third-order valence-corrected chi connectivity index (χ3v) is 2.06. The lowest BCUT2D eigenvalue weighted by molar-refractivity contribution is 0.0567. The fourth-order valence-electron chi connectivity index (χ4n) is 1.12. The Bertz CT molecular complexity index is 586. The summed E-state index contributed by atoms with van der Waals surface area (Å²) in [4.78, 5) is 22.4. The Morgan fingerprint density at radius 2 is 2.40 bits per heavy atom. The molecule has 0 unspecified atom stereocenters. The third kappa shape index (κ3) is 1.48. The van der Waals surface area contributed by atoms with E-state index >= 15 is 0 Å². The first-order valence-electron chi connectivity index (χ1n) is 3.89. The number of nitrogens with one attached hydrogen (secondary N) is 1. The van der Waals surface area contributed by atoms with Crippen LogP contribution in [-0.2, 0) is 4.74 Å². The van der Waals surface area contributed by atoms with Gasteiger partial charge >= 0.3 is 5.97 Å². The van der Waals surface area contributed by atoms with E-state index in [4.69, 9.17) is 16.0 Å². The molecule has 15 heavy (non-hydrogen) atoms. The van der Waals surface area contributed by atoms with E-state index in [1.54, 1.807) is 0 Å². The van der Waals surface area contributed by atoms with Gasteiger partial charge in [0.25, 0.3) is 5.56 Å². The summed E-state index contributed by atoms with van der Waals surface area (Å²) in [6, 6.07) is 1.26. The van der Waals surface area contributed by atoms with Crippen molar-refractivity contribution in [1.82, 2.24) is 10.2 Å². The topological polar surface area (TPSA) is 85.2 Å². The molecule has 2 aromatic heterocycles. The lowest BCUT2D eigenvalue weighted by Crippen LogP contribution is -2.06. The van der Waals surface area contributed by atoms with Crippen molar-refractivity contribution in [2.45, 2.75) is 0 Å². The maximum Gasteiger partial charge on any atom is 0.373 e. The van der Waals surface area contributed by atoms with Gasteiger partial charge in [-0.1, -0.05) is 11.6 Å². The van der Waals surface area contributed by atoms with Crippen LogP contribution < -0.4 is 5.56 Å². The van der Waals surface area contributed by atoms with Crippen molar-refractivity contribution < 1.29 is 13.9 Å². The summed E-state index contributed by atoms with van der Waals surface area (Å²) >= 11 is 5.66. The number of carbonyl (C=O) groups is 1. The Morgan fingerprint density at radius 3 is 3.00 bits per heavy atom. The molecule has 0 bridgehead atoms. The molecule has 7 heteroatoms. The average Bonchev–Trinajstić information content (AvgIpc) is 2.68. The lowest BCUT2D eigenvalue weighted by atomic mass is 10.3. The number of esters is 1. The van der Waals surface area contributed by atoms with Crippen molar-refractivity contribution in [3.63, 3.8) is 0 Å². The van der Waals surface area contributed by atoms with Gasteiger partial charge in [0.1, 0.15) is 0 Å². The molecule has 0 atom stereocenters. The molecule has 1 N–H and O–H groups in total. The molecule has 2 heterocycles. The monoisotopic (exact) mass is 228 g/mol. The summed E-state index contributed by atoms with van der Waals surface area (Å²) < 4.78 is 9.48. The number of H-pyrrole nitrogens is 1. The van der Waals surface area contributed by atoms with Gasteiger partial charge in [-0.3, -0.25) is 4.79 Å². The molecule has 78 valence electrons. The zero-order valence-corrected chi connectivity index (χ0v) is 8.29. The van der Waals surface area contributed by atoms with Gasteiger partial charge in [0, 0.05) is 6.07 Å². The number of hydrogen-bond acceptors (Lipinski definition) is 5. The van der Waals surface area contributed by atoms with Gasteiger partial charge < -0.3 is 9.15 Å². The maximum absolute atomic E-state index is 11.3. The van der Waals surface area contributed by atoms with Crippen molar-refractivity contribution >= 4 is 28.5 Å². The summed E-state index contributed by atoms with van der Waals surface area (Å²) in [5.74, 6) is -0.769. The molecule has 0 aliphatic rings. The fourth-order valence-corrected chi connectivity index (χ4v) is 1.31. The first-order chi connectivity index (χ1) is 7.13. The van der Waals surface area contributed by atoms with Gasteiger partial charge in [-0.05, 0) is 0 Å². The van der Waals surface area contributed by atoms with E-state index in [0.717, 1.165) is 0 Å². The summed E-state index contributed by atoms with van der Waals surface area (Å²) in [6.45, 7) is 0. The standard InChI is InChI=1S/C8H5ClN2O4/c1-14-8(13)4-2-3-5(15-4)6(9)10-11-7(3)12/h2H,1H3,(H,11,12). The fraction of sp³-hybridized carbons (Fsp3) is 0.125. The molecule has 6 nitrogen and oxygen atoms in total. The van der Waals surface area contributed by atoms with Crippen LogP contribution in [0, 0.1) is 0 Å². The average molecular weight is 229 g/mol. The quantitative estimate of drug-likeness (QED) is 0.735. The number of rotatable bonds is 1. The smallest absolute Gasteiger partial charge is 0.373 e. The van der Waals surface area contributed by atoms with Gasteiger partial charge in [0.05, 0.1) is 12.5 Å². The third-order valence-electron chi connectivity index (χ3n) is 1.81. The number of methoxy groups -OCH3 is 1. The Kier molecular flexibility index (Phi) is 2.20. The van der Waals surface area contributed by atoms with Gasteiger partial charge in [-0.15, -0.1) is 0 Å². The predicted molar refractivity (Wildman–Crippen MR) is 51.0 cm³/mol. The molecule has 0 aromatic carbocycles. The highest BCUT2D eigenvalue weighted by molar-refractivity contribution is 6.33. The zero-order chi connectivity index (χ0) is 11.0. The van der Waals surface area contributed by atoms with E-state index < -0.39 is 11.5 Å². The SMILES string of the molecule is COC(=O)c1cc2c(=O)[nH]nc(Cl)c2o1. The second-order valence-electron chi connectivity index (χ2n) is 2.69. The molecule has 2 rings (SSSR count). The Labute approximate surface area is 87.8 Å². The van der Waals surface area contributed by atoms with E-state index in [0.29, 0.717) is 0 Å². The zero-order valence-electron chi connectivity index (χ0n) is 7.54. The summed E-state index contributed by atoms with van der Waals surface area (Å²) in [7, 11) is 1.21. The summed E-state index contributed by atoms with van der Waals surface area (Å²) in [5.41, 5.74) is -0.408. The number of furan rings is 1. The number of aromatic nitrogens is 2. The number of aromatic amines is 1. The van der Waals surface area contributed by atoms with Crippen molar-refractivity contribution in [3.8, 4) is 0 Å². The lowest BCUT2D eigenvalue weighted by Gasteiger charge is -1.91. The van der Waals surface area contributed by atoms with Crippen LogP contribution in [0.2, 0.25) is 5.15 Å². The van der Waals surface area contributed by atoms with Crippen LogP contribution in [0.3, 0.4) is 0 Å². The van der Waals surface area contributed by atoms with E-state index in [2.05, 4.69) is 14.9 Å². The minimum absolute atomic E-state index is 0.0141. The van der Waals surface area contributed by atoms with Gasteiger partial charge in [0.2, 0.25) is 5.76 Å². The highest BCUT2D eigenvalue weighted by Gasteiger charge is 2.16. The molecular formula is C8H5ClN2O4.